The van der Waals surface area contributed by atoms with Crippen LogP contribution in [0.5, 0.6) is 0 Å². The van der Waals surface area contributed by atoms with Gasteiger partial charge in [-0.1, -0.05) is 12.1 Å². The predicted molar refractivity (Wildman–Crippen MR) is 168 cm³/mol. The molecule has 13 heteroatoms. The number of non-ortho nitro benzene ring substituents is 3. The van der Waals surface area contributed by atoms with Gasteiger partial charge in [0.05, 0.1) is 37.6 Å². The Balaban J connectivity index is 1.34. The molecule has 0 spiro atoms. The number of para-hydroxylation sites is 2. The largest absolute Gasteiger partial charge is 0.369 e. The number of rotatable bonds is 10. The van der Waals surface area contributed by atoms with Crippen LogP contribution >= 0.6 is 0 Å². The minimum absolute atomic E-state index is 0.0790. The third-order valence-electron chi connectivity index (χ3n) is 8.97. The van der Waals surface area contributed by atoms with Gasteiger partial charge < -0.3 is 9.80 Å². The van der Waals surface area contributed by atoms with E-state index in [1.54, 1.807) is 12.1 Å². The van der Waals surface area contributed by atoms with Gasteiger partial charge in [0.2, 0.25) is 0 Å². The Morgan fingerprint density at radius 2 is 1.20 bits per heavy atom. The average molecular weight is 622 g/mol. The van der Waals surface area contributed by atoms with Gasteiger partial charge in [-0.3, -0.25) is 39.9 Å². The molecule has 0 saturated carbocycles. The number of hydrogen-bond donors (Lipinski definition) is 0. The van der Waals surface area contributed by atoms with Crippen molar-refractivity contribution in [2.75, 3.05) is 29.4 Å². The molecule has 2 atom stereocenters. The summed E-state index contributed by atoms with van der Waals surface area (Å²) < 4.78 is 0. The Hall–Kier alpha value is -5.98. The van der Waals surface area contributed by atoms with E-state index in [9.17, 15) is 39.9 Å². The Morgan fingerprint density at radius 1 is 0.696 bits per heavy atom. The molecule has 4 aromatic rings. The maximum Gasteiger partial charge on any atom is 0.269 e. The number of nitro groups is 3. The lowest BCUT2D eigenvalue weighted by Gasteiger charge is -2.59. The van der Waals surface area contributed by atoms with Gasteiger partial charge in [-0.05, 0) is 60.5 Å². The van der Waals surface area contributed by atoms with Crippen LogP contribution in [-0.4, -0.2) is 46.0 Å². The standard InChI is InChI=1S/C33H27N5O8/c39-31(22-5-11-25(12-6-22)36(41)42)17-19-34-20-18-33(24-9-15-27(16-10-24)38(45)46)28(21-35(33)30-4-2-1-3-29(30)34)32(40)23-7-13-26(14-8-23)37(43)44/h1-16,28H,17-21H2. The molecule has 2 aliphatic heterocycles. The quantitative estimate of drug-likeness (QED) is 0.114. The van der Waals surface area contributed by atoms with Crippen LogP contribution in [0.15, 0.2) is 97.1 Å². The SMILES string of the molecule is O=C(CCN1CCC2(c3ccc([N+](=O)[O-])cc3)C(C(=O)c3ccc([N+](=O)[O-])cc3)CN2c2ccccc21)c1ccc([N+](=O)[O-])cc1. The van der Waals surface area contributed by atoms with E-state index in [4.69, 9.17) is 0 Å². The number of ketones is 2. The monoisotopic (exact) mass is 621 g/mol. The van der Waals surface area contributed by atoms with Crippen LogP contribution in [0.4, 0.5) is 28.4 Å². The molecule has 6 rings (SSSR count). The molecule has 2 aliphatic rings. The second-order valence-corrected chi connectivity index (χ2v) is 11.3. The van der Waals surface area contributed by atoms with Crippen LogP contribution in [0.25, 0.3) is 0 Å². The highest BCUT2D eigenvalue weighted by molar-refractivity contribution is 6.01. The van der Waals surface area contributed by atoms with E-state index in [2.05, 4.69) is 9.80 Å². The average Bonchev–Trinajstić information content (AvgIpc) is 3.16. The van der Waals surface area contributed by atoms with Gasteiger partial charge in [0.1, 0.15) is 0 Å². The number of nitro benzene ring substituents is 3. The predicted octanol–water partition coefficient (Wildman–Crippen LogP) is 6.11. The van der Waals surface area contributed by atoms with Gasteiger partial charge in [-0.25, -0.2) is 0 Å². The van der Waals surface area contributed by atoms with Crippen molar-refractivity contribution in [2.24, 2.45) is 5.92 Å². The zero-order valence-electron chi connectivity index (χ0n) is 24.4. The second kappa shape index (κ2) is 11.8. The fourth-order valence-electron chi connectivity index (χ4n) is 6.58. The minimum atomic E-state index is -0.888. The first-order valence-electron chi connectivity index (χ1n) is 14.5. The molecule has 232 valence electrons. The summed E-state index contributed by atoms with van der Waals surface area (Å²) in [5, 5.41) is 33.7. The number of carbonyl (C=O) groups is 2. The molecule has 1 fully saturated rings. The molecular formula is C33H27N5O8. The first-order valence-corrected chi connectivity index (χ1v) is 14.5. The van der Waals surface area contributed by atoms with Crippen molar-refractivity contribution in [3.63, 3.8) is 0 Å². The van der Waals surface area contributed by atoms with Crippen LogP contribution in [0.2, 0.25) is 0 Å². The van der Waals surface area contributed by atoms with Crippen LogP contribution in [0.3, 0.4) is 0 Å². The van der Waals surface area contributed by atoms with Crippen molar-refractivity contribution in [3.8, 4) is 0 Å². The van der Waals surface area contributed by atoms with Crippen LogP contribution in [-0.2, 0) is 5.54 Å². The molecule has 4 aromatic carbocycles. The lowest BCUT2D eigenvalue weighted by atomic mass is 9.64. The first kappa shape index (κ1) is 30.1. The number of fused-ring (bicyclic) bond motifs is 3. The Bertz CT molecular complexity index is 1860. The minimum Gasteiger partial charge on any atom is -0.369 e. The van der Waals surface area contributed by atoms with Crippen LogP contribution < -0.4 is 9.80 Å². The summed E-state index contributed by atoms with van der Waals surface area (Å²) in [4.78, 5) is 63.5. The highest BCUT2D eigenvalue weighted by Gasteiger charge is 2.59. The molecule has 0 N–H and O–H groups in total. The van der Waals surface area contributed by atoms with Gasteiger partial charge in [0.25, 0.3) is 17.1 Å². The van der Waals surface area contributed by atoms with E-state index >= 15 is 0 Å². The van der Waals surface area contributed by atoms with Gasteiger partial charge in [-0.2, -0.15) is 0 Å². The number of carbonyl (C=O) groups excluding carboxylic acids is 2. The summed E-state index contributed by atoms with van der Waals surface area (Å²) in [7, 11) is 0. The van der Waals surface area contributed by atoms with E-state index in [0.29, 0.717) is 37.2 Å². The normalized spacial score (nSPS) is 18.4. The van der Waals surface area contributed by atoms with E-state index in [1.165, 1.54) is 60.7 Å². The zero-order valence-corrected chi connectivity index (χ0v) is 24.4. The fraction of sp³-hybridized carbons (Fsp3) is 0.212. The summed E-state index contributed by atoms with van der Waals surface area (Å²) >= 11 is 0. The molecule has 46 heavy (non-hydrogen) atoms. The number of hydrogen-bond acceptors (Lipinski definition) is 10. The summed E-state index contributed by atoms with van der Waals surface area (Å²) in [6.45, 7) is 1.14. The van der Waals surface area contributed by atoms with E-state index in [0.717, 1.165) is 16.9 Å². The summed E-state index contributed by atoms with van der Waals surface area (Å²) in [6.07, 6.45) is 0.580. The third-order valence-corrected chi connectivity index (χ3v) is 8.97. The van der Waals surface area contributed by atoms with Crippen molar-refractivity contribution in [1.82, 2.24) is 0 Å². The number of benzene rings is 4. The highest BCUT2D eigenvalue weighted by Crippen LogP contribution is 2.55. The molecular weight excluding hydrogens is 594 g/mol. The molecule has 0 aromatic heterocycles. The first-order chi connectivity index (χ1) is 22.1. The summed E-state index contributed by atoms with van der Waals surface area (Å²) in [5.74, 6) is -0.926. The van der Waals surface area contributed by atoms with Crippen molar-refractivity contribution >= 4 is 40.0 Å². The van der Waals surface area contributed by atoms with Crippen molar-refractivity contribution < 1.29 is 24.4 Å². The number of Topliss-reactive ketones (excluding diaryl/α,β-unsaturated/α-hetero) is 2. The Kier molecular flexibility index (Phi) is 7.74. The summed E-state index contributed by atoms with van der Waals surface area (Å²) in [6, 6.07) is 24.9. The molecule has 2 unspecified atom stereocenters. The molecule has 2 heterocycles. The molecule has 0 amide bonds. The number of nitrogens with zero attached hydrogens (tertiary/aromatic N) is 5. The van der Waals surface area contributed by atoms with Gasteiger partial charge in [-0.15, -0.1) is 0 Å². The highest BCUT2D eigenvalue weighted by atomic mass is 16.6. The fourth-order valence-corrected chi connectivity index (χ4v) is 6.58. The van der Waals surface area contributed by atoms with E-state index < -0.39 is 26.2 Å². The maximum absolute atomic E-state index is 14.1. The van der Waals surface area contributed by atoms with Crippen LogP contribution in [0.1, 0.15) is 39.1 Å². The molecule has 0 radical (unpaired) electrons. The van der Waals surface area contributed by atoms with E-state index in [-0.39, 0.29) is 35.0 Å². The summed E-state index contributed by atoms with van der Waals surface area (Å²) in [5.41, 5.74) is 1.94. The zero-order chi connectivity index (χ0) is 32.6. The maximum atomic E-state index is 14.1. The lowest BCUT2D eigenvalue weighted by molar-refractivity contribution is -0.385. The number of anilines is 2. The van der Waals surface area contributed by atoms with E-state index in [1.807, 2.05) is 24.3 Å². The van der Waals surface area contributed by atoms with Crippen molar-refractivity contribution in [3.05, 3.63) is 144 Å². The molecule has 1 saturated heterocycles. The topological polar surface area (TPSA) is 170 Å². The van der Waals surface area contributed by atoms with Crippen molar-refractivity contribution in [2.45, 2.75) is 18.4 Å². The lowest BCUT2D eigenvalue weighted by Crippen LogP contribution is -2.67. The second-order valence-electron chi connectivity index (χ2n) is 11.3. The Labute approximate surface area is 262 Å². The van der Waals surface area contributed by atoms with Crippen molar-refractivity contribution in [1.29, 1.82) is 0 Å². The molecule has 0 bridgehead atoms. The van der Waals surface area contributed by atoms with Gasteiger partial charge in [0.15, 0.2) is 11.6 Å². The third kappa shape index (κ3) is 5.21. The van der Waals surface area contributed by atoms with Crippen LogP contribution in [0, 0.1) is 36.3 Å². The van der Waals surface area contributed by atoms with Gasteiger partial charge in [0, 0.05) is 73.6 Å². The smallest absolute Gasteiger partial charge is 0.269 e. The molecule has 0 aliphatic carbocycles. The Morgan fingerprint density at radius 3 is 1.74 bits per heavy atom. The molecule has 13 nitrogen and oxygen atoms in total. The van der Waals surface area contributed by atoms with Gasteiger partial charge >= 0.3 is 0 Å².